The maximum atomic E-state index is 12.9. The van der Waals surface area contributed by atoms with Crippen molar-refractivity contribution in [3.8, 4) is 0 Å². The van der Waals surface area contributed by atoms with Crippen molar-refractivity contribution in [2.24, 2.45) is 22.7 Å². The van der Waals surface area contributed by atoms with Crippen LogP contribution >= 0.6 is 0 Å². The molecule has 2 rings (SSSR count). The molecule has 2 aliphatic rings. The molecule has 0 spiro atoms. The Labute approximate surface area is 155 Å². The lowest BCUT2D eigenvalue weighted by Gasteiger charge is -2.35. The molecule has 2 aliphatic carbocycles. The van der Waals surface area contributed by atoms with E-state index >= 15 is 0 Å². The first-order valence-corrected chi connectivity index (χ1v) is 10.1. The Balaban J connectivity index is 2.05. The molecular weight excluding hydrogens is 308 g/mol. The van der Waals surface area contributed by atoms with Crippen molar-refractivity contribution in [2.75, 3.05) is 0 Å². The Bertz CT molecular complexity index is 539. The molecule has 3 atom stereocenters. The van der Waals surface area contributed by atoms with Gasteiger partial charge in [0.15, 0.2) is 0 Å². The molecule has 142 valence electrons. The van der Waals surface area contributed by atoms with Gasteiger partial charge in [0, 0.05) is 0 Å². The molecule has 0 saturated heterocycles. The summed E-state index contributed by atoms with van der Waals surface area (Å²) in [7, 11) is 0. The molecule has 0 radical (unpaired) electrons. The monoisotopic (exact) mass is 346 g/mol. The van der Waals surface area contributed by atoms with E-state index in [1.165, 1.54) is 31.3 Å². The summed E-state index contributed by atoms with van der Waals surface area (Å²) in [5.41, 5.74) is 2.92. The molecular formula is C23H38O2. The molecule has 0 aromatic heterocycles. The van der Waals surface area contributed by atoms with Gasteiger partial charge in [0.05, 0.1) is 5.92 Å². The Kier molecular flexibility index (Phi) is 6.22. The standard InChI is InChI=1S/C23H38O2/c1-16(18-13-12-17-10-8-9-11-19(17)14-18)25-21(24)20(23(5,6)7)15-22(2,3)4/h12-13,16,19-20H,8-11,14-15H2,1-7H3. The fourth-order valence-corrected chi connectivity index (χ4v) is 4.12. The zero-order valence-electron chi connectivity index (χ0n) is 17.4. The summed E-state index contributed by atoms with van der Waals surface area (Å²) in [4.78, 5) is 12.9. The maximum Gasteiger partial charge on any atom is 0.310 e. The highest BCUT2D eigenvalue weighted by atomic mass is 16.5. The van der Waals surface area contributed by atoms with Gasteiger partial charge in [0.2, 0.25) is 0 Å². The predicted molar refractivity (Wildman–Crippen MR) is 105 cm³/mol. The van der Waals surface area contributed by atoms with Crippen LogP contribution in [0.3, 0.4) is 0 Å². The number of carbonyl (C=O) groups excluding carboxylic acids is 1. The fourth-order valence-electron chi connectivity index (χ4n) is 4.12. The zero-order chi connectivity index (χ0) is 18.8. The van der Waals surface area contributed by atoms with Gasteiger partial charge in [-0.05, 0) is 61.3 Å². The second-order valence-electron chi connectivity index (χ2n) is 10.4. The lowest BCUT2D eigenvalue weighted by atomic mass is 9.72. The van der Waals surface area contributed by atoms with Gasteiger partial charge >= 0.3 is 5.97 Å². The van der Waals surface area contributed by atoms with Crippen molar-refractivity contribution < 1.29 is 9.53 Å². The first kappa shape index (κ1) is 20.3. The van der Waals surface area contributed by atoms with Crippen LogP contribution in [0, 0.1) is 22.7 Å². The molecule has 0 amide bonds. The Morgan fingerprint density at radius 2 is 1.84 bits per heavy atom. The molecule has 25 heavy (non-hydrogen) atoms. The summed E-state index contributed by atoms with van der Waals surface area (Å²) in [5.74, 6) is 0.581. The van der Waals surface area contributed by atoms with Gasteiger partial charge in [-0.15, -0.1) is 0 Å². The van der Waals surface area contributed by atoms with Crippen LogP contribution < -0.4 is 0 Å². The number of ether oxygens (including phenoxy) is 1. The minimum atomic E-state index is -0.114. The summed E-state index contributed by atoms with van der Waals surface area (Å²) in [6, 6.07) is 0. The number of hydrogen-bond donors (Lipinski definition) is 0. The zero-order valence-corrected chi connectivity index (χ0v) is 17.4. The number of rotatable bonds is 4. The number of fused-ring (bicyclic) bond motifs is 1. The number of carbonyl (C=O) groups is 1. The summed E-state index contributed by atoms with van der Waals surface area (Å²) >= 11 is 0. The molecule has 2 nitrogen and oxygen atoms in total. The van der Waals surface area contributed by atoms with Crippen LogP contribution in [0.25, 0.3) is 0 Å². The van der Waals surface area contributed by atoms with Crippen LogP contribution in [0.4, 0.5) is 0 Å². The van der Waals surface area contributed by atoms with Crippen LogP contribution in [-0.2, 0) is 9.53 Å². The van der Waals surface area contributed by atoms with E-state index in [1.54, 1.807) is 5.57 Å². The van der Waals surface area contributed by atoms with E-state index < -0.39 is 0 Å². The highest BCUT2D eigenvalue weighted by molar-refractivity contribution is 5.73. The number of hydrogen-bond acceptors (Lipinski definition) is 2. The second kappa shape index (κ2) is 7.68. The largest absolute Gasteiger partial charge is 0.458 e. The molecule has 3 unspecified atom stereocenters. The third-order valence-electron chi connectivity index (χ3n) is 5.75. The Morgan fingerprint density at radius 1 is 1.16 bits per heavy atom. The van der Waals surface area contributed by atoms with Crippen molar-refractivity contribution in [1.82, 2.24) is 0 Å². The van der Waals surface area contributed by atoms with Gasteiger partial charge in [-0.3, -0.25) is 4.79 Å². The molecule has 0 heterocycles. The minimum Gasteiger partial charge on any atom is -0.458 e. The van der Waals surface area contributed by atoms with E-state index in [9.17, 15) is 4.79 Å². The van der Waals surface area contributed by atoms with E-state index in [4.69, 9.17) is 4.74 Å². The van der Waals surface area contributed by atoms with Gasteiger partial charge in [0.1, 0.15) is 6.10 Å². The smallest absolute Gasteiger partial charge is 0.310 e. The molecule has 1 fully saturated rings. The van der Waals surface area contributed by atoms with Crippen LogP contribution in [0.15, 0.2) is 23.3 Å². The molecule has 0 aliphatic heterocycles. The van der Waals surface area contributed by atoms with Gasteiger partial charge in [-0.2, -0.15) is 0 Å². The topological polar surface area (TPSA) is 26.3 Å². The average Bonchev–Trinajstić information content (AvgIpc) is 2.50. The van der Waals surface area contributed by atoms with Gasteiger partial charge in [-0.1, -0.05) is 65.7 Å². The summed E-state index contributed by atoms with van der Waals surface area (Å²) in [5, 5.41) is 0. The first-order chi connectivity index (χ1) is 11.5. The van der Waals surface area contributed by atoms with E-state index in [0.29, 0.717) is 5.92 Å². The van der Waals surface area contributed by atoms with Gasteiger partial charge in [-0.25, -0.2) is 0 Å². The summed E-state index contributed by atoms with van der Waals surface area (Å²) < 4.78 is 5.97. The molecule has 0 N–H and O–H groups in total. The maximum absolute atomic E-state index is 12.9. The SMILES string of the molecule is CC(OC(=O)C(CC(C)(C)C)C(C)(C)C)C1=CC=C2CCCCC2C1. The molecule has 1 saturated carbocycles. The molecule has 0 aromatic rings. The lowest BCUT2D eigenvalue weighted by molar-refractivity contribution is -0.157. The summed E-state index contributed by atoms with van der Waals surface area (Å²) in [6.45, 7) is 15.1. The van der Waals surface area contributed by atoms with Crippen LogP contribution in [-0.4, -0.2) is 12.1 Å². The van der Waals surface area contributed by atoms with Crippen molar-refractivity contribution >= 4 is 5.97 Å². The van der Waals surface area contributed by atoms with E-state index in [-0.39, 0.29) is 28.8 Å². The van der Waals surface area contributed by atoms with Crippen LogP contribution in [0.1, 0.15) is 87.0 Å². The molecule has 0 bridgehead atoms. The van der Waals surface area contributed by atoms with Gasteiger partial charge in [0.25, 0.3) is 0 Å². The van der Waals surface area contributed by atoms with Crippen molar-refractivity contribution in [3.63, 3.8) is 0 Å². The van der Waals surface area contributed by atoms with Crippen molar-refractivity contribution in [3.05, 3.63) is 23.3 Å². The summed E-state index contributed by atoms with van der Waals surface area (Å²) in [6.07, 6.45) is 11.5. The predicted octanol–water partition coefficient (Wildman–Crippen LogP) is 6.46. The van der Waals surface area contributed by atoms with Crippen molar-refractivity contribution in [2.45, 2.75) is 93.1 Å². The normalized spacial score (nSPS) is 23.9. The van der Waals surface area contributed by atoms with Gasteiger partial charge < -0.3 is 4.74 Å². The van der Waals surface area contributed by atoms with Crippen LogP contribution in [0.2, 0.25) is 0 Å². The van der Waals surface area contributed by atoms with E-state index in [0.717, 1.165) is 12.8 Å². The second-order valence-corrected chi connectivity index (χ2v) is 10.4. The Hall–Kier alpha value is -1.05. The number of allylic oxidation sites excluding steroid dienone is 3. The van der Waals surface area contributed by atoms with Crippen molar-refractivity contribution in [1.29, 1.82) is 0 Å². The fraction of sp³-hybridized carbons (Fsp3) is 0.783. The number of esters is 1. The van der Waals surface area contributed by atoms with Crippen LogP contribution in [0.5, 0.6) is 0 Å². The lowest BCUT2D eigenvalue weighted by Crippen LogP contribution is -2.35. The third kappa shape index (κ3) is 5.72. The highest BCUT2D eigenvalue weighted by Gasteiger charge is 2.37. The molecule has 0 aromatic carbocycles. The van der Waals surface area contributed by atoms with E-state index in [2.05, 4.69) is 53.7 Å². The molecule has 2 heteroatoms. The van der Waals surface area contributed by atoms with E-state index in [1.807, 2.05) is 6.92 Å². The Morgan fingerprint density at radius 3 is 2.44 bits per heavy atom. The minimum absolute atomic E-state index is 0.0331. The first-order valence-electron chi connectivity index (χ1n) is 10.1. The highest BCUT2D eigenvalue weighted by Crippen LogP contribution is 2.39. The quantitative estimate of drug-likeness (QED) is 0.546. The third-order valence-corrected chi connectivity index (χ3v) is 5.75. The average molecular weight is 347 g/mol.